The van der Waals surface area contributed by atoms with Crippen molar-refractivity contribution in [3.63, 3.8) is 0 Å². The van der Waals surface area contributed by atoms with Crippen LogP contribution in [0.25, 0.3) is 0 Å². The minimum atomic E-state index is -0.946. The molecule has 0 bridgehead atoms. The van der Waals surface area contributed by atoms with E-state index in [0.717, 1.165) is 37.3 Å². The normalized spacial score (nSPS) is 19.0. The van der Waals surface area contributed by atoms with E-state index in [-0.39, 0.29) is 17.8 Å². The molecule has 2 aliphatic rings. The van der Waals surface area contributed by atoms with Crippen LogP contribution in [-0.2, 0) is 6.54 Å². The fourth-order valence-electron chi connectivity index (χ4n) is 5.39. The number of anilines is 2. The highest BCUT2D eigenvalue weighted by atomic mass is 35.5. The van der Waals surface area contributed by atoms with Crippen molar-refractivity contribution < 1.29 is 9.18 Å². The zero-order valence-corrected chi connectivity index (χ0v) is 22.5. The Morgan fingerprint density at radius 3 is 2.56 bits per heavy atom. The standard InChI is InChI=1S/C28H30B2ClFN6O/c29-28(30)10-15-37(26-3-1-2-25(35-26)27(39)34-22-6-11-33-12-7-22)16-17-38(28)23-8-13-36(14-9-23)19-20-4-5-21(32)18-24(20)31/h1-7,11-12,18,23H,8-10,13-17,19H2,(H,33,34,39). The molecule has 0 unspecified atom stereocenters. The molecule has 2 saturated heterocycles. The summed E-state index contributed by atoms with van der Waals surface area (Å²) in [4.78, 5) is 28.1. The van der Waals surface area contributed by atoms with Gasteiger partial charge in [-0.3, -0.25) is 14.7 Å². The minimum Gasteiger partial charge on any atom is -0.355 e. The van der Waals surface area contributed by atoms with Crippen molar-refractivity contribution in [2.45, 2.75) is 37.2 Å². The van der Waals surface area contributed by atoms with Crippen molar-refractivity contribution in [3.8, 4) is 0 Å². The number of nitrogens with one attached hydrogen (secondary N) is 1. The van der Waals surface area contributed by atoms with Gasteiger partial charge in [0.1, 0.15) is 17.3 Å². The predicted molar refractivity (Wildman–Crippen MR) is 154 cm³/mol. The number of carbonyl (C=O) groups excluding carboxylic acids is 1. The number of benzene rings is 1. The van der Waals surface area contributed by atoms with E-state index in [0.29, 0.717) is 49.0 Å². The van der Waals surface area contributed by atoms with Crippen molar-refractivity contribution >= 4 is 44.7 Å². The van der Waals surface area contributed by atoms with E-state index in [1.165, 1.54) is 12.1 Å². The monoisotopic (exact) mass is 542 g/mol. The Hall–Kier alpha value is -2.94. The van der Waals surface area contributed by atoms with Gasteiger partial charge in [-0.05, 0) is 74.3 Å². The van der Waals surface area contributed by atoms with Crippen LogP contribution in [0.1, 0.15) is 35.3 Å². The van der Waals surface area contributed by atoms with Crippen molar-refractivity contribution in [1.29, 1.82) is 0 Å². The van der Waals surface area contributed by atoms with E-state index in [2.05, 4.69) is 30.0 Å². The first-order chi connectivity index (χ1) is 18.8. The Kier molecular flexibility index (Phi) is 8.54. The predicted octanol–water partition coefficient (Wildman–Crippen LogP) is 3.69. The van der Waals surface area contributed by atoms with Crippen LogP contribution in [0.5, 0.6) is 0 Å². The zero-order valence-electron chi connectivity index (χ0n) is 21.8. The molecule has 11 heteroatoms. The number of piperidine rings is 1. The molecule has 0 spiro atoms. The Morgan fingerprint density at radius 1 is 1.05 bits per heavy atom. The van der Waals surface area contributed by atoms with Crippen molar-refractivity contribution in [2.24, 2.45) is 0 Å². The molecule has 1 N–H and O–H groups in total. The summed E-state index contributed by atoms with van der Waals surface area (Å²) in [5.74, 6) is 0.122. The molecule has 0 aliphatic carbocycles. The van der Waals surface area contributed by atoms with Gasteiger partial charge in [0.2, 0.25) is 0 Å². The van der Waals surface area contributed by atoms with Gasteiger partial charge in [-0.2, -0.15) is 0 Å². The van der Waals surface area contributed by atoms with E-state index in [4.69, 9.17) is 27.3 Å². The Morgan fingerprint density at radius 2 is 1.82 bits per heavy atom. The van der Waals surface area contributed by atoms with Gasteiger partial charge in [0.05, 0.1) is 15.7 Å². The number of pyridine rings is 2. The second kappa shape index (κ2) is 12.1. The SMILES string of the molecule is [B]C1([B])CCN(c2cccc(C(=O)Nc3ccncc3)n2)CCN1C1CCN(Cc2ccc(F)cc2Cl)CC1. The summed E-state index contributed by atoms with van der Waals surface area (Å²) >= 11 is 6.24. The quantitative estimate of drug-likeness (QED) is 0.480. The average molecular weight is 543 g/mol. The lowest BCUT2D eigenvalue weighted by Crippen LogP contribution is -2.57. The van der Waals surface area contributed by atoms with Crippen LogP contribution in [0.2, 0.25) is 5.02 Å². The molecule has 1 aromatic carbocycles. The molecule has 7 nitrogen and oxygen atoms in total. The lowest BCUT2D eigenvalue weighted by atomic mass is 9.58. The third kappa shape index (κ3) is 6.80. The highest BCUT2D eigenvalue weighted by Crippen LogP contribution is 2.29. The molecule has 2 fully saturated rings. The average Bonchev–Trinajstić information content (AvgIpc) is 3.09. The molecule has 0 atom stereocenters. The molecule has 0 saturated carbocycles. The summed E-state index contributed by atoms with van der Waals surface area (Å²) in [6, 6.07) is 13.7. The van der Waals surface area contributed by atoms with Crippen molar-refractivity contribution in [1.82, 2.24) is 19.8 Å². The molecule has 198 valence electrons. The first-order valence-electron chi connectivity index (χ1n) is 13.2. The molecule has 5 rings (SSSR count). The van der Waals surface area contributed by atoms with Crippen LogP contribution in [0, 0.1) is 5.82 Å². The van der Waals surface area contributed by atoms with Gasteiger partial charge in [0, 0.05) is 55.3 Å². The van der Waals surface area contributed by atoms with E-state index >= 15 is 0 Å². The van der Waals surface area contributed by atoms with Crippen LogP contribution < -0.4 is 10.2 Å². The Bertz CT molecular complexity index is 1290. The maximum absolute atomic E-state index is 13.4. The summed E-state index contributed by atoms with van der Waals surface area (Å²) in [5, 5.41) is 2.36. The molecule has 4 heterocycles. The first kappa shape index (κ1) is 27.6. The summed E-state index contributed by atoms with van der Waals surface area (Å²) in [6.07, 6.45) is 5.67. The molecule has 1 amide bonds. The van der Waals surface area contributed by atoms with Gasteiger partial charge < -0.3 is 15.1 Å². The number of nitrogens with zero attached hydrogens (tertiary/aromatic N) is 5. The first-order valence-corrected chi connectivity index (χ1v) is 13.6. The summed E-state index contributed by atoms with van der Waals surface area (Å²) in [5.41, 5.74) is 1.93. The molecule has 2 aliphatic heterocycles. The van der Waals surface area contributed by atoms with Crippen LogP contribution in [0.4, 0.5) is 15.9 Å². The molecule has 4 radical (unpaired) electrons. The third-order valence-electron chi connectivity index (χ3n) is 7.56. The molecule has 3 aromatic rings. The number of amides is 1. The maximum atomic E-state index is 13.4. The number of carbonyl (C=O) groups is 1. The third-order valence-corrected chi connectivity index (χ3v) is 7.92. The number of hydrogen-bond donors (Lipinski definition) is 1. The van der Waals surface area contributed by atoms with Crippen LogP contribution in [0.15, 0.2) is 60.9 Å². The smallest absolute Gasteiger partial charge is 0.274 e. The fraction of sp³-hybridized carbons (Fsp3) is 0.393. The highest BCUT2D eigenvalue weighted by Gasteiger charge is 2.36. The number of halogens is 2. The van der Waals surface area contributed by atoms with E-state index < -0.39 is 5.34 Å². The van der Waals surface area contributed by atoms with E-state index in [1.54, 1.807) is 36.7 Å². The van der Waals surface area contributed by atoms with Gasteiger partial charge in [0.15, 0.2) is 0 Å². The van der Waals surface area contributed by atoms with Crippen LogP contribution >= 0.6 is 11.6 Å². The number of likely N-dealkylation sites (tertiary alicyclic amines) is 1. The van der Waals surface area contributed by atoms with E-state index in [9.17, 15) is 9.18 Å². The lowest BCUT2D eigenvalue weighted by Gasteiger charge is -2.46. The molecule has 2 aromatic heterocycles. The van der Waals surface area contributed by atoms with Gasteiger partial charge in [-0.1, -0.05) is 29.1 Å². The Labute approximate surface area is 236 Å². The van der Waals surface area contributed by atoms with Crippen LogP contribution in [0.3, 0.4) is 0 Å². The second-order valence-electron chi connectivity index (χ2n) is 10.2. The second-order valence-corrected chi connectivity index (χ2v) is 10.6. The maximum Gasteiger partial charge on any atom is 0.274 e. The molecular formula is C28H30B2ClFN6O. The van der Waals surface area contributed by atoms with E-state index in [1.807, 2.05) is 12.1 Å². The summed E-state index contributed by atoms with van der Waals surface area (Å²) in [6.45, 7) is 4.47. The molecule has 39 heavy (non-hydrogen) atoms. The highest BCUT2D eigenvalue weighted by molar-refractivity contribution is 6.40. The number of rotatable bonds is 6. The fourth-order valence-corrected chi connectivity index (χ4v) is 5.62. The molecular weight excluding hydrogens is 512 g/mol. The lowest BCUT2D eigenvalue weighted by molar-refractivity contribution is 0.0866. The summed E-state index contributed by atoms with van der Waals surface area (Å²) < 4.78 is 13.4. The van der Waals surface area contributed by atoms with Gasteiger partial charge in [0.25, 0.3) is 5.91 Å². The van der Waals surface area contributed by atoms with Gasteiger partial charge >= 0.3 is 0 Å². The van der Waals surface area contributed by atoms with Crippen LogP contribution in [-0.4, -0.2) is 85.5 Å². The number of hydrogen-bond acceptors (Lipinski definition) is 6. The summed E-state index contributed by atoms with van der Waals surface area (Å²) in [7, 11) is 13.3. The van der Waals surface area contributed by atoms with Gasteiger partial charge in [-0.15, -0.1) is 0 Å². The van der Waals surface area contributed by atoms with Gasteiger partial charge in [-0.25, -0.2) is 9.37 Å². The zero-order chi connectivity index (χ0) is 27.4. The number of aromatic nitrogens is 2. The van der Waals surface area contributed by atoms with Crippen molar-refractivity contribution in [2.75, 3.05) is 42.9 Å². The van der Waals surface area contributed by atoms with Crippen molar-refractivity contribution in [3.05, 3.63) is 83.0 Å². The Balaban J connectivity index is 1.20. The topological polar surface area (TPSA) is 64.6 Å². The largest absolute Gasteiger partial charge is 0.355 e. The minimum absolute atomic E-state index is 0.255.